The van der Waals surface area contributed by atoms with Crippen LogP contribution in [0.25, 0.3) is 0 Å². The Kier molecular flexibility index (Phi) is 3.29. The van der Waals surface area contributed by atoms with E-state index in [1.165, 1.54) is 31.4 Å². The summed E-state index contributed by atoms with van der Waals surface area (Å²) in [7, 11) is 1.45. The molecule has 0 spiro atoms. The molecule has 0 unspecified atom stereocenters. The Hall–Kier alpha value is -2.89. The first-order valence-electron chi connectivity index (χ1n) is 6.62. The largest absolute Gasteiger partial charge is 0.507 e. The zero-order chi connectivity index (χ0) is 15.9. The molecule has 0 aliphatic carbocycles. The van der Waals surface area contributed by atoms with E-state index in [9.17, 15) is 20.1 Å². The Morgan fingerprint density at radius 2 is 1.86 bits per heavy atom. The summed E-state index contributed by atoms with van der Waals surface area (Å²) in [4.78, 5) is 12.2. The summed E-state index contributed by atoms with van der Waals surface area (Å²) in [6.45, 7) is 0. The predicted octanol–water partition coefficient (Wildman–Crippen LogP) is 2.52. The second kappa shape index (κ2) is 5.14. The molecule has 2 aromatic carbocycles. The molecule has 2 aromatic rings. The standard InChI is InChI=1S/C16H14O6/c1-21-9-5-12(19)16-13(20)7-14(22-15(16)6-9)8-2-3-10(17)11(18)4-8/h2-6,14,17-19H,7H2,1H3/t14-/m0/s1. The third-order valence-electron chi connectivity index (χ3n) is 3.58. The molecular weight excluding hydrogens is 288 g/mol. The average Bonchev–Trinajstić information content (AvgIpc) is 2.49. The van der Waals surface area contributed by atoms with Crippen molar-refractivity contribution in [3.8, 4) is 28.7 Å². The average molecular weight is 302 g/mol. The second-order valence-corrected chi connectivity index (χ2v) is 5.00. The molecule has 6 nitrogen and oxygen atoms in total. The Morgan fingerprint density at radius 1 is 1.09 bits per heavy atom. The molecule has 0 fully saturated rings. The number of Topliss-reactive ketones (excluding diaryl/α,β-unsaturated/α-hetero) is 1. The van der Waals surface area contributed by atoms with Gasteiger partial charge in [0.05, 0.1) is 13.5 Å². The number of carbonyl (C=O) groups excluding carboxylic acids is 1. The molecule has 3 N–H and O–H groups in total. The quantitative estimate of drug-likeness (QED) is 0.738. The van der Waals surface area contributed by atoms with Crippen LogP contribution in [0.1, 0.15) is 28.4 Å². The number of phenolic OH excluding ortho intramolecular Hbond substituents is 3. The van der Waals surface area contributed by atoms with E-state index >= 15 is 0 Å². The number of ketones is 1. The van der Waals surface area contributed by atoms with Gasteiger partial charge < -0.3 is 24.8 Å². The maximum Gasteiger partial charge on any atom is 0.174 e. The number of rotatable bonds is 2. The first-order valence-corrected chi connectivity index (χ1v) is 6.62. The normalized spacial score (nSPS) is 16.8. The van der Waals surface area contributed by atoms with Crippen molar-refractivity contribution in [1.29, 1.82) is 0 Å². The molecule has 22 heavy (non-hydrogen) atoms. The van der Waals surface area contributed by atoms with E-state index in [2.05, 4.69) is 0 Å². The van der Waals surface area contributed by atoms with Crippen LogP contribution in [-0.2, 0) is 0 Å². The number of ether oxygens (including phenoxy) is 2. The van der Waals surface area contributed by atoms with E-state index in [1.54, 1.807) is 6.07 Å². The number of hydrogen-bond acceptors (Lipinski definition) is 6. The number of methoxy groups -OCH3 is 1. The summed E-state index contributed by atoms with van der Waals surface area (Å²) in [6.07, 6.45) is -0.588. The lowest BCUT2D eigenvalue weighted by Gasteiger charge is -2.26. The summed E-state index contributed by atoms with van der Waals surface area (Å²) in [5.74, 6) is -0.382. The van der Waals surface area contributed by atoms with Gasteiger partial charge in [-0.1, -0.05) is 6.07 Å². The Bertz CT molecular complexity index is 753. The number of carbonyl (C=O) groups is 1. The van der Waals surface area contributed by atoms with Gasteiger partial charge in [0.2, 0.25) is 0 Å². The predicted molar refractivity (Wildman–Crippen MR) is 76.7 cm³/mol. The van der Waals surface area contributed by atoms with Gasteiger partial charge in [0.25, 0.3) is 0 Å². The van der Waals surface area contributed by atoms with E-state index < -0.39 is 6.10 Å². The summed E-state index contributed by atoms with van der Waals surface area (Å²) >= 11 is 0. The van der Waals surface area contributed by atoms with E-state index in [4.69, 9.17) is 9.47 Å². The molecule has 1 aliphatic heterocycles. The molecule has 3 rings (SSSR count). The van der Waals surface area contributed by atoms with E-state index in [1.807, 2.05) is 0 Å². The summed E-state index contributed by atoms with van der Waals surface area (Å²) < 4.78 is 10.8. The minimum Gasteiger partial charge on any atom is -0.507 e. The monoisotopic (exact) mass is 302 g/mol. The summed E-state index contributed by atoms with van der Waals surface area (Å²) in [5, 5.41) is 28.8. The van der Waals surface area contributed by atoms with Crippen molar-refractivity contribution < 1.29 is 29.6 Å². The van der Waals surface area contributed by atoms with Crippen LogP contribution in [-0.4, -0.2) is 28.2 Å². The van der Waals surface area contributed by atoms with Crippen LogP contribution in [0.2, 0.25) is 0 Å². The summed E-state index contributed by atoms with van der Waals surface area (Å²) in [5.41, 5.74) is 0.677. The van der Waals surface area contributed by atoms with Crippen molar-refractivity contribution in [1.82, 2.24) is 0 Å². The minimum atomic E-state index is -0.613. The molecule has 6 heteroatoms. The fourth-order valence-corrected chi connectivity index (χ4v) is 2.46. The van der Waals surface area contributed by atoms with Crippen LogP contribution >= 0.6 is 0 Å². The topological polar surface area (TPSA) is 96.2 Å². The highest BCUT2D eigenvalue weighted by atomic mass is 16.5. The molecular formula is C16H14O6. The van der Waals surface area contributed by atoms with Gasteiger partial charge in [-0.25, -0.2) is 0 Å². The van der Waals surface area contributed by atoms with Crippen molar-refractivity contribution in [3.05, 3.63) is 41.5 Å². The van der Waals surface area contributed by atoms with Gasteiger partial charge in [-0.05, 0) is 17.7 Å². The van der Waals surface area contributed by atoms with E-state index in [0.717, 1.165) is 0 Å². The smallest absolute Gasteiger partial charge is 0.174 e. The van der Waals surface area contributed by atoms with E-state index in [0.29, 0.717) is 11.3 Å². The lowest BCUT2D eigenvalue weighted by Crippen LogP contribution is -2.20. The SMILES string of the molecule is COc1cc(O)c2c(c1)O[C@H](c1ccc(O)c(O)c1)CC2=O. The third kappa shape index (κ3) is 2.28. The van der Waals surface area contributed by atoms with Crippen molar-refractivity contribution in [2.45, 2.75) is 12.5 Å². The van der Waals surface area contributed by atoms with Gasteiger partial charge in [-0.2, -0.15) is 0 Å². The molecule has 0 saturated heterocycles. The lowest BCUT2D eigenvalue weighted by atomic mass is 9.95. The Balaban J connectivity index is 2.01. The highest BCUT2D eigenvalue weighted by Gasteiger charge is 2.31. The number of aromatic hydroxyl groups is 3. The Labute approximate surface area is 126 Å². The molecule has 0 aromatic heterocycles. The molecule has 0 bridgehead atoms. The molecule has 1 heterocycles. The number of hydrogen-bond donors (Lipinski definition) is 3. The van der Waals surface area contributed by atoms with Gasteiger partial charge >= 0.3 is 0 Å². The van der Waals surface area contributed by atoms with Crippen LogP contribution in [0.4, 0.5) is 0 Å². The summed E-state index contributed by atoms with van der Waals surface area (Å²) in [6, 6.07) is 7.12. The van der Waals surface area contributed by atoms with Crippen molar-refractivity contribution >= 4 is 5.78 Å². The van der Waals surface area contributed by atoms with Crippen molar-refractivity contribution in [2.75, 3.05) is 7.11 Å². The lowest BCUT2D eigenvalue weighted by molar-refractivity contribution is 0.0844. The second-order valence-electron chi connectivity index (χ2n) is 5.00. The first-order chi connectivity index (χ1) is 10.5. The zero-order valence-corrected chi connectivity index (χ0v) is 11.7. The fourth-order valence-electron chi connectivity index (χ4n) is 2.46. The van der Waals surface area contributed by atoms with E-state index in [-0.39, 0.29) is 40.8 Å². The molecule has 1 atom stereocenters. The number of fused-ring (bicyclic) bond motifs is 1. The van der Waals surface area contributed by atoms with Gasteiger partial charge in [0, 0.05) is 12.1 Å². The van der Waals surface area contributed by atoms with Crippen LogP contribution < -0.4 is 9.47 Å². The highest BCUT2D eigenvalue weighted by Crippen LogP contribution is 2.42. The fraction of sp³-hybridized carbons (Fsp3) is 0.188. The Morgan fingerprint density at radius 3 is 2.55 bits per heavy atom. The van der Waals surface area contributed by atoms with Crippen LogP contribution in [0.5, 0.6) is 28.7 Å². The van der Waals surface area contributed by atoms with Crippen LogP contribution in [0.3, 0.4) is 0 Å². The van der Waals surface area contributed by atoms with Crippen LogP contribution in [0, 0.1) is 0 Å². The number of benzene rings is 2. The van der Waals surface area contributed by atoms with Gasteiger partial charge in [0.15, 0.2) is 17.3 Å². The maximum absolute atomic E-state index is 12.2. The first kappa shape index (κ1) is 14.1. The number of phenols is 3. The molecule has 0 amide bonds. The minimum absolute atomic E-state index is 0.0249. The molecule has 0 radical (unpaired) electrons. The van der Waals surface area contributed by atoms with Gasteiger partial charge in [-0.15, -0.1) is 0 Å². The van der Waals surface area contributed by atoms with Gasteiger partial charge in [0.1, 0.15) is 28.9 Å². The van der Waals surface area contributed by atoms with Gasteiger partial charge in [-0.3, -0.25) is 4.79 Å². The van der Waals surface area contributed by atoms with Crippen molar-refractivity contribution in [3.63, 3.8) is 0 Å². The zero-order valence-electron chi connectivity index (χ0n) is 11.7. The van der Waals surface area contributed by atoms with Crippen LogP contribution in [0.15, 0.2) is 30.3 Å². The highest BCUT2D eigenvalue weighted by molar-refractivity contribution is 6.02. The maximum atomic E-state index is 12.2. The van der Waals surface area contributed by atoms with Crippen molar-refractivity contribution in [2.24, 2.45) is 0 Å². The third-order valence-corrected chi connectivity index (χ3v) is 3.58. The molecule has 1 aliphatic rings. The molecule has 114 valence electrons. The molecule has 0 saturated carbocycles.